The number of rotatable bonds is 4. The van der Waals surface area contributed by atoms with E-state index in [4.69, 9.17) is 9.47 Å². The molecule has 0 unspecified atom stereocenters. The van der Waals surface area contributed by atoms with E-state index < -0.39 is 16.8 Å². The number of carbonyl (C=O) groups is 2. The van der Waals surface area contributed by atoms with Crippen LogP contribution in [0.3, 0.4) is 0 Å². The molecule has 1 amide bonds. The summed E-state index contributed by atoms with van der Waals surface area (Å²) in [5.74, 6) is -0.0110. The van der Waals surface area contributed by atoms with Crippen LogP contribution in [-0.4, -0.2) is 55.3 Å². The Morgan fingerprint density at radius 3 is 2.52 bits per heavy atom. The van der Waals surface area contributed by atoms with Gasteiger partial charge in [0, 0.05) is 19.7 Å². The summed E-state index contributed by atoms with van der Waals surface area (Å²) in [6.45, 7) is 1.55. The van der Waals surface area contributed by atoms with Crippen LogP contribution in [0.2, 0.25) is 0 Å². The van der Waals surface area contributed by atoms with Crippen molar-refractivity contribution in [3.05, 3.63) is 29.8 Å². The molecule has 27 heavy (non-hydrogen) atoms. The Labute approximate surface area is 159 Å². The maximum absolute atomic E-state index is 13.7. The van der Waals surface area contributed by atoms with Crippen molar-refractivity contribution >= 4 is 11.9 Å². The molecule has 4 rings (SSSR count). The first-order valence-corrected chi connectivity index (χ1v) is 9.77. The van der Waals surface area contributed by atoms with Crippen molar-refractivity contribution in [3.63, 3.8) is 0 Å². The van der Waals surface area contributed by atoms with E-state index in [1.54, 1.807) is 7.11 Å². The van der Waals surface area contributed by atoms with Gasteiger partial charge in [0.25, 0.3) is 0 Å². The molecule has 3 aliphatic rings. The average molecular weight is 373 g/mol. The number of likely N-dealkylation sites (tertiary alicyclic amines) is 1. The Hall–Kier alpha value is -2.08. The number of nitrogens with zero attached hydrogens (tertiary/aromatic N) is 1. The van der Waals surface area contributed by atoms with Gasteiger partial charge in [-0.1, -0.05) is 25.0 Å². The number of hydrogen-bond acceptors (Lipinski definition) is 4. The predicted molar refractivity (Wildman–Crippen MR) is 98.7 cm³/mol. The van der Waals surface area contributed by atoms with Crippen LogP contribution in [0.15, 0.2) is 24.3 Å². The molecule has 1 saturated carbocycles. The topological polar surface area (TPSA) is 76.1 Å². The summed E-state index contributed by atoms with van der Waals surface area (Å²) in [5.41, 5.74) is -0.477. The number of hydrogen-bond donors (Lipinski definition) is 1. The Bertz CT molecular complexity index is 725. The molecule has 6 nitrogen and oxygen atoms in total. The van der Waals surface area contributed by atoms with E-state index in [2.05, 4.69) is 0 Å². The summed E-state index contributed by atoms with van der Waals surface area (Å²) in [5, 5.41) is 9.87. The summed E-state index contributed by atoms with van der Waals surface area (Å²) in [4.78, 5) is 27.5. The Morgan fingerprint density at radius 2 is 1.93 bits per heavy atom. The van der Waals surface area contributed by atoms with Crippen molar-refractivity contribution in [1.82, 2.24) is 4.90 Å². The molecule has 1 aromatic carbocycles. The van der Waals surface area contributed by atoms with Crippen LogP contribution < -0.4 is 4.74 Å². The van der Waals surface area contributed by atoms with Gasteiger partial charge >= 0.3 is 5.97 Å². The standard InChI is InChI=1S/C21H27NO5/c1-26-17-6-4-15(5-7-17)20(9-2-3-10-20)18(23)22-12-16-8-11-27-14-21(16,13-22)19(24)25/h4-7,16H,2-3,8-14H2,1H3,(H,24,25)/t16-,21+/m0/s1. The van der Waals surface area contributed by atoms with E-state index in [-0.39, 0.29) is 25.0 Å². The summed E-state index contributed by atoms with van der Waals surface area (Å²) in [7, 11) is 1.63. The number of carbonyl (C=O) groups excluding carboxylic acids is 1. The summed E-state index contributed by atoms with van der Waals surface area (Å²) < 4.78 is 10.8. The number of fused-ring (bicyclic) bond motifs is 1. The first-order chi connectivity index (χ1) is 13.0. The van der Waals surface area contributed by atoms with Crippen molar-refractivity contribution in [1.29, 1.82) is 0 Å². The number of carboxylic acid groups (broad SMARTS) is 1. The van der Waals surface area contributed by atoms with E-state index in [1.807, 2.05) is 29.2 Å². The zero-order chi connectivity index (χ0) is 19.1. The van der Waals surface area contributed by atoms with E-state index in [1.165, 1.54) is 0 Å². The van der Waals surface area contributed by atoms with Gasteiger partial charge in [-0.2, -0.15) is 0 Å². The third-order valence-electron chi connectivity index (χ3n) is 6.89. The fraction of sp³-hybridized carbons (Fsp3) is 0.619. The molecule has 2 saturated heterocycles. The second-order valence-corrected chi connectivity index (χ2v) is 8.20. The van der Waals surface area contributed by atoms with Gasteiger partial charge in [0.15, 0.2) is 0 Å². The van der Waals surface area contributed by atoms with Gasteiger partial charge in [-0.15, -0.1) is 0 Å². The molecule has 0 spiro atoms. The molecule has 2 aliphatic heterocycles. The molecule has 2 heterocycles. The van der Waals surface area contributed by atoms with Gasteiger partial charge in [0.2, 0.25) is 5.91 Å². The highest BCUT2D eigenvalue weighted by Crippen LogP contribution is 2.47. The van der Waals surface area contributed by atoms with Gasteiger partial charge in [-0.05, 0) is 42.9 Å². The number of methoxy groups -OCH3 is 1. The van der Waals surface area contributed by atoms with Gasteiger partial charge < -0.3 is 19.5 Å². The molecular formula is C21H27NO5. The minimum atomic E-state index is -0.951. The monoisotopic (exact) mass is 373 g/mol. The van der Waals surface area contributed by atoms with Crippen molar-refractivity contribution in [2.75, 3.05) is 33.4 Å². The molecular weight excluding hydrogens is 346 g/mol. The smallest absolute Gasteiger partial charge is 0.314 e. The number of benzene rings is 1. The maximum Gasteiger partial charge on any atom is 0.314 e. The molecule has 146 valence electrons. The molecule has 2 atom stereocenters. The second-order valence-electron chi connectivity index (χ2n) is 8.20. The van der Waals surface area contributed by atoms with Gasteiger partial charge in [0.05, 0.1) is 19.1 Å². The second kappa shape index (κ2) is 6.82. The van der Waals surface area contributed by atoms with Gasteiger partial charge in [-0.25, -0.2) is 0 Å². The van der Waals surface area contributed by atoms with Gasteiger partial charge in [-0.3, -0.25) is 9.59 Å². The SMILES string of the molecule is COc1ccc(C2(C(=O)N3C[C@@H]4CCOC[C@]4(C(=O)O)C3)CCCC2)cc1. The fourth-order valence-electron chi connectivity index (χ4n) is 5.26. The molecule has 0 radical (unpaired) electrons. The zero-order valence-electron chi connectivity index (χ0n) is 15.8. The Kier molecular flexibility index (Phi) is 4.62. The molecule has 1 N–H and O–H groups in total. The normalized spacial score (nSPS) is 29.4. The number of aliphatic carboxylic acids is 1. The number of amides is 1. The minimum Gasteiger partial charge on any atom is -0.497 e. The quantitative estimate of drug-likeness (QED) is 0.877. The predicted octanol–water partition coefficient (Wildman–Crippen LogP) is 2.46. The molecule has 0 bridgehead atoms. The molecule has 1 aromatic rings. The highest BCUT2D eigenvalue weighted by molar-refractivity contribution is 5.90. The summed E-state index contributed by atoms with van der Waals surface area (Å²) in [6, 6.07) is 7.78. The van der Waals surface area contributed by atoms with Crippen LogP contribution in [-0.2, 0) is 19.7 Å². The first-order valence-electron chi connectivity index (χ1n) is 9.77. The summed E-state index contributed by atoms with van der Waals surface area (Å²) in [6.07, 6.45) is 4.36. The summed E-state index contributed by atoms with van der Waals surface area (Å²) >= 11 is 0. The van der Waals surface area contributed by atoms with E-state index in [0.717, 1.165) is 37.0 Å². The lowest BCUT2D eigenvalue weighted by atomic mass is 9.75. The van der Waals surface area contributed by atoms with E-state index in [0.29, 0.717) is 19.6 Å². The van der Waals surface area contributed by atoms with E-state index in [9.17, 15) is 14.7 Å². The van der Waals surface area contributed by atoms with Crippen LogP contribution in [0.5, 0.6) is 5.75 Å². The van der Waals surface area contributed by atoms with Crippen LogP contribution in [0.25, 0.3) is 0 Å². The van der Waals surface area contributed by atoms with Crippen LogP contribution in [0.1, 0.15) is 37.7 Å². The Morgan fingerprint density at radius 1 is 1.22 bits per heavy atom. The molecule has 0 aromatic heterocycles. The third-order valence-corrected chi connectivity index (χ3v) is 6.89. The van der Waals surface area contributed by atoms with Crippen molar-refractivity contribution in [2.45, 2.75) is 37.5 Å². The maximum atomic E-state index is 13.7. The van der Waals surface area contributed by atoms with Crippen molar-refractivity contribution in [3.8, 4) is 5.75 Å². The van der Waals surface area contributed by atoms with Crippen LogP contribution >= 0.6 is 0 Å². The van der Waals surface area contributed by atoms with Gasteiger partial charge in [0.1, 0.15) is 11.2 Å². The highest BCUT2D eigenvalue weighted by Gasteiger charge is 2.57. The zero-order valence-corrected chi connectivity index (χ0v) is 15.8. The number of carboxylic acids is 1. The number of ether oxygens (including phenoxy) is 2. The minimum absolute atomic E-state index is 0.0259. The Balaban J connectivity index is 1.64. The molecule has 3 fully saturated rings. The average Bonchev–Trinajstić information content (AvgIpc) is 3.34. The third kappa shape index (κ3) is 2.81. The lowest BCUT2D eigenvalue weighted by molar-refractivity contribution is -0.160. The first kappa shape index (κ1) is 18.3. The largest absolute Gasteiger partial charge is 0.497 e. The molecule has 6 heteroatoms. The van der Waals surface area contributed by atoms with Crippen molar-refractivity contribution in [2.24, 2.45) is 11.3 Å². The lowest BCUT2D eigenvalue weighted by Gasteiger charge is -2.35. The molecule has 1 aliphatic carbocycles. The van der Waals surface area contributed by atoms with Crippen LogP contribution in [0, 0.1) is 11.3 Å². The van der Waals surface area contributed by atoms with E-state index >= 15 is 0 Å². The van der Waals surface area contributed by atoms with Crippen LogP contribution in [0.4, 0.5) is 0 Å². The lowest BCUT2D eigenvalue weighted by Crippen LogP contribution is -2.48. The fourth-order valence-corrected chi connectivity index (χ4v) is 5.26. The van der Waals surface area contributed by atoms with Crippen molar-refractivity contribution < 1.29 is 24.2 Å². The highest BCUT2D eigenvalue weighted by atomic mass is 16.5.